The van der Waals surface area contributed by atoms with Crippen molar-refractivity contribution in [1.29, 1.82) is 0 Å². The van der Waals surface area contributed by atoms with Crippen molar-refractivity contribution in [2.75, 3.05) is 0 Å². The lowest BCUT2D eigenvalue weighted by Gasteiger charge is -2.04. The van der Waals surface area contributed by atoms with Crippen LogP contribution >= 0.6 is 0 Å². The highest BCUT2D eigenvalue weighted by atomic mass is 16.3. The molecule has 1 unspecified atom stereocenters. The van der Waals surface area contributed by atoms with Crippen LogP contribution in [-0.2, 0) is 13.5 Å². The second-order valence-corrected chi connectivity index (χ2v) is 4.20. The van der Waals surface area contributed by atoms with E-state index < -0.39 is 6.10 Å². The van der Waals surface area contributed by atoms with E-state index in [2.05, 4.69) is 20.5 Å². The van der Waals surface area contributed by atoms with Gasteiger partial charge in [0.1, 0.15) is 11.8 Å². The zero-order valence-electron chi connectivity index (χ0n) is 9.91. The zero-order valence-corrected chi connectivity index (χ0v) is 9.91. The molecule has 0 radical (unpaired) electrons. The predicted octanol–water partition coefficient (Wildman–Crippen LogP) is 0.967. The van der Waals surface area contributed by atoms with Gasteiger partial charge < -0.3 is 5.11 Å². The first-order valence-electron chi connectivity index (χ1n) is 5.70. The zero-order chi connectivity index (χ0) is 12.5. The second-order valence-electron chi connectivity index (χ2n) is 4.20. The van der Waals surface area contributed by atoms with E-state index in [0.717, 1.165) is 16.6 Å². The van der Waals surface area contributed by atoms with Crippen LogP contribution in [0.2, 0.25) is 0 Å². The molecule has 0 aliphatic carbocycles. The molecule has 2 N–H and O–H groups in total. The van der Waals surface area contributed by atoms with Crippen LogP contribution in [0, 0.1) is 0 Å². The van der Waals surface area contributed by atoms with Gasteiger partial charge in [0.25, 0.3) is 0 Å². The minimum atomic E-state index is -0.693. The molecule has 6 nitrogen and oxygen atoms in total. The molecule has 2 heterocycles. The number of aromatic nitrogens is 5. The molecule has 3 aromatic rings. The van der Waals surface area contributed by atoms with Gasteiger partial charge in [-0.15, -0.1) is 0 Å². The van der Waals surface area contributed by atoms with Gasteiger partial charge in [0.05, 0.1) is 17.4 Å². The number of aryl methyl sites for hydroxylation is 1. The number of H-pyrrole nitrogens is 1. The Labute approximate surface area is 103 Å². The molecular weight excluding hydrogens is 230 g/mol. The molecule has 1 atom stereocenters. The topological polar surface area (TPSA) is 79.6 Å². The number of nitrogens with zero attached hydrogens (tertiary/aromatic N) is 4. The Bertz CT molecular complexity index is 658. The van der Waals surface area contributed by atoms with E-state index in [1.165, 1.54) is 6.20 Å². The summed E-state index contributed by atoms with van der Waals surface area (Å²) in [5.74, 6) is 0. The monoisotopic (exact) mass is 243 g/mol. The van der Waals surface area contributed by atoms with Crippen molar-refractivity contribution in [2.45, 2.75) is 12.5 Å². The van der Waals surface area contributed by atoms with E-state index in [-0.39, 0.29) is 0 Å². The number of hydrogen-bond donors (Lipinski definition) is 2. The molecule has 0 aliphatic heterocycles. The summed E-state index contributed by atoms with van der Waals surface area (Å²) in [7, 11) is 1.90. The lowest BCUT2D eigenvalue weighted by Crippen LogP contribution is -2.03. The van der Waals surface area contributed by atoms with Crippen molar-refractivity contribution >= 4 is 10.9 Å². The molecule has 6 heteroatoms. The third-order valence-electron chi connectivity index (χ3n) is 3.00. The molecular formula is C12H13N5O. The van der Waals surface area contributed by atoms with Crippen LogP contribution in [0.15, 0.2) is 30.5 Å². The Morgan fingerprint density at radius 3 is 3.00 bits per heavy atom. The molecule has 1 aromatic carbocycles. The number of aliphatic hydroxyl groups excluding tert-OH is 1. The first-order chi connectivity index (χ1) is 8.75. The fourth-order valence-electron chi connectivity index (χ4n) is 2.10. The van der Waals surface area contributed by atoms with Crippen LogP contribution in [-0.4, -0.2) is 30.3 Å². The lowest BCUT2D eigenvalue weighted by atomic mass is 10.1. The third-order valence-corrected chi connectivity index (χ3v) is 3.00. The van der Waals surface area contributed by atoms with Crippen molar-refractivity contribution in [1.82, 2.24) is 25.2 Å². The van der Waals surface area contributed by atoms with E-state index in [0.29, 0.717) is 12.1 Å². The van der Waals surface area contributed by atoms with Gasteiger partial charge in [0.2, 0.25) is 0 Å². The SMILES string of the molecule is Cn1nc(CC(O)c2cn[nH]n2)c2ccccc21. The lowest BCUT2D eigenvalue weighted by molar-refractivity contribution is 0.172. The van der Waals surface area contributed by atoms with Crippen LogP contribution in [0.5, 0.6) is 0 Å². The summed E-state index contributed by atoms with van der Waals surface area (Å²) in [6, 6.07) is 7.96. The Morgan fingerprint density at radius 1 is 1.39 bits per heavy atom. The maximum Gasteiger partial charge on any atom is 0.111 e. The summed E-state index contributed by atoms with van der Waals surface area (Å²) in [5.41, 5.74) is 2.45. The normalized spacial score (nSPS) is 13.0. The highest BCUT2D eigenvalue weighted by molar-refractivity contribution is 5.81. The minimum Gasteiger partial charge on any atom is -0.386 e. The van der Waals surface area contributed by atoms with Crippen LogP contribution in [0.25, 0.3) is 10.9 Å². The first kappa shape index (κ1) is 10.9. The Morgan fingerprint density at radius 2 is 2.22 bits per heavy atom. The average Bonchev–Trinajstić information content (AvgIpc) is 3.00. The molecule has 0 spiro atoms. The maximum atomic E-state index is 10.1. The summed E-state index contributed by atoms with van der Waals surface area (Å²) in [6.45, 7) is 0. The van der Waals surface area contributed by atoms with E-state index >= 15 is 0 Å². The Kier molecular flexibility index (Phi) is 2.56. The minimum absolute atomic E-state index is 0.424. The van der Waals surface area contributed by atoms with Crippen LogP contribution in [0.4, 0.5) is 0 Å². The fraction of sp³-hybridized carbons (Fsp3) is 0.250. The molecule has 92 valence electrons. The van der Waals surface area contributed by atoms with Gasteiger partial charge in [-0.2, -0.15) is 20.5 Å². The number of nitrogens with one attached hydrogen (secondary N) is 1. The molecule has 0 saturated heterocycles. The van der Waals surface area contributed by atoms with Crippen molar-refractivity contribution in [2.24, 2.45) is 7.05 Å². The second kappa shape index (κ2) is 4.23. The number of fused-ring (bicyclic) bond motifs is 1. The molecule has 0 fully saturated rings. The van der Waals surface area contributed by atoms with Gasteiger partial charge in [-0.1, -0.05) is 18.2 Å². The number of benzene rings is 1. The van der Waals surface area contributed by atoms with Gasteiger partial charge in [0, 0.05) is 18.9 Å². The van der Waals surface area contributed by atoms with Crippen LogP contribution in [0.1, 0.15) is 17.5 Å². The highest BCUT2D eigenvalue weighted by Crippen LogP contribution is 2.22. The number of aromatic amines is 1. The number of para-hydroxylation sites is 1. The summed E-state index contributed by atoms with van der Waals surface area (Å²) in [5, 5.41) is 25.6. The predicted molar refractivity (Wildman–Crippen MR) is 65.8 cm³/mol. The van der Waals surface area contributed by atoms with Crippen LogP contribution < -0.4 is 0 Å². The van der Waals surface area contributed by atoms with E-state index in [4.69, 9.17) is 0 Å². The number of hydrogen-bond acceptors (Lipinski definition) is 4. The largest absolute Gasteiger partial charge is 0.386 e. The summed E-state index contributed by atoms with van der Waals surface area (Å²) in [4.78, 5) is 0. The molecule has 0 bridgehead atoms. The van der Waals surface area contributed by atoms with Crippen molar-refractivity contribution < 1.29 is 5.11 Å². The van der Waals surface area contributed by atoms with Gasteiger partial charge in [-0.3, -0.25) is 4.68 Å². The third kappa shape index (κ3) is 1.76. The molecule has 0 saturated carbocycles. The number of aliphatic hydroxyl groups is 1. The molecule has 18 heavy (non-hydrogen) atoms. The van der Waals surface area contributed by atoms with Gasteiger partial charge in [-0.05, 0) is 6.07 Å². The van der Waals surface area contributed by atoms with Crippen molar-refractivity contribution in [3.05, 3.63) is 41.9 Å². The van der Waals surface area contributed by atoms with Crippen molar-refractivity contribution in [3.63, 3.8) is 0 Å². The smallest absolute Gasteiger partial charge is 0.111 e. The standard InChI is InChI=1S/C12H13N5O/c1-17-11-5-3-2-4-8(11)9(15-17)6-12(18)10-7-13-16-14-10/h2-5,7,12,18H,6H2,1H3,(H,13,14,16). The Hall–Kier alpha value is -2.21. The highest BCUT2D eigenvalue weighted by Gasteiger charge is 2.16. The summed E-state index contributed by atoms with van der Waals surface area (Å²) in [6.07, 6.45) is 1.26. The first-order valence-corrected chi connectivity index (χ1v) is 5.70. The molecule has 3 rings (SSSR count). The Balaban J connectivity index is 1.96. The molecule has 2 aromatic heterocycles. The van der Waals surface area contributed by atoms with Crippen molar-refractivity contribution in [3.8, 4) is 0 Å². The fourth-order valence-corrected chi connectivity index (χ4v) is 2.10. The summed E-state index contributed by atoms with van der Waals surface area (Å²) < 4.78 is 1.82. The quantitative estimate of drug-likeness (QED) is 0.718. The van der Waals surface area contributed by atoms with E-state index in [1.54, 1.807) is 0 Å². The average molecular weight is 243 g/mol. The van der Waals surface area contributed by atoms with Crippen LogP contribution in [0.3, 0.4) is 0 Å². The maximum absolute atomic E-state index is 10.1. The van der Waals surface area contributed by atoms with Gasteiger partial charge in [0.15, 0.2) is 0 Å². The van der Waals surface area contributed by atoms with E-state index in [1.807, 2.05) is 36.0 Å². The summed E-state index contributed by atoms with van der Waals surface area (Å²) >= 11 is 0. The molecule has 0 aliphatic rings. The van der Waals surface area contributed by atoms with Gasteiger partial charge >= 0.3 is 0 Å². The van der Waals surface area contributed by atoms with E-state index in [9.17, 15) is 5.11 Å². The number of rotatable bonds is 3. The molecule has 0 amide bonds. The van der Waals surface area contributed by atoms with Gasteiger partial charge in [-0.25, -0.2) is 0 Å².